The maximum Gasteiger partial charge on any atom is 0.234 e. The highest BCUT2D eigenvalue weighted by Gasteiger charge is 2.10. The zero-order chi connectivity index (χ0) is 15.6. The van der Waals surface area contributed by atoms with Crippen molar-refractivity contribution in [2.75, 3.05) is 13.1 Å². The Labute approximate surface area is 133 Å². The first kappa shape index (κ1) is 16.2. The van der Waals surface area contributed by atoms with Gasteiger partial charge in [0.2, 0.25) is 5.91 Å². The lowest BCUT2D eigenvalue weighted by molar-refractivity contribution is -0.122. The molecule has 0 aliphatic carbocycles. The molecule has 0 saturated heterocycles. The van der Waals surface area contributed by atoms with E-state index in [4.69, 9.17) is 0 Å². The van der Waals surface area contributed by atoms with Crippen molar-refractivity contribution in [1.29, 1.82) is 0 Å². The fourth-order valence-electron chi connectivity index (χ4n) is 2.43. The monoisotopic (exact) mass is 296 g/mol. The molecule has 0 radical (unpaired) electrons. The van der Waals surface area contributed by atoms with Crippen LogP contribution in [0.1, 0.15) is 24.5 Å². The third-order valence-corrected chi connectivity index (χ3v) is 3.49. The number of nitrogens with zero attached hydrogens (tertiary/aromatic N) is 1. The van der Waals surface area contributed by atoms with Gasteiger partial charge in [0, 0.05) is 13.1 Å². The summed E-state index contributed by atoms with van der Waals surface area (Å²) in [6, 6.07) is 20.3. The predicted molar refractivity (Wildman–Crippen MR) is 90.3 cm³/mol. The van der Waals surface area contributed by atoms with Crippen molar-refractivity contribution in [3.63, 3.8) is 0 Å². The van der Waals surface area contributed by atoms with Gasteiger partial charge in [0.15, 0.2) is 0 Å². The van der Waals surface area contributed by atoms with E-state index in [0.717, 1.165) is 25.1 Å². The molecule has 116 valence electrons. The van der Waals surface area contributed by atoms with Crippen molar-refractivity contribution >= 4 is 5.91 Å². The SMILES string of the molecule is CCCN(CC(=O)NCc1ccccc1)Cc1ccccc1. The number of rotatable bonds is 8. The molecule has 2 aromatic rings. The molecule has 0 aliphatic rings. The fraction of sp³-hybridized carbons (Fsp3) is 0.316. The van der Waals surface area contributed by atoms with Gasteiger partial charge < -0.3 is 5.32 Å². The zero-order valence-corrected chi connectivity index (χ0v) is 13.2. The molecule has 2 rings (SSSR count). The predicted octanol–water partition coefficient (Wildman–Crippen LogP) is 3.22. The molecular weight excluding hydrogens is 272 g/mol. The number of nitrogens with one attached hydrogen (secondary N) is 1. The van der Waals surface area contributed by atoms with Crippen LogP contribution >= 0.6 is 0 Å². The summed E-state index contributed by atoms with van der Waals surface area (Å²) in [5.41, 5.74) is 2.37. The van der Waals surface area contributed by atoms with E-state index in [9.17, 15) is 4.79 Å². The van der Waals surface area contributed by atoms with Gasteiger partial charge in [-0.05, 0) is 24.1 Å². The van der Waals surface area contributed by atoms with Crippen LogP contribution < -0.4 is 5.32 Å². The van der Waals surface area contributed by atoms with E-state index in [1.165, 1.54) is 5.56 Å². The second-order valence-corrected chi connectivity index (χ2v) is 5.46. The topological polar surface area (TPSA) is 32.3 Å². The van der Waals surface area contributed by atoms with E-state index in [2.05, 4.69) is 29.3 Å². The first-order valence-electron chi connectivity index (χ1n) is 7.85. The van der Waals surface area contributed by atoms with Gasteiger partial charge >= 0.3 is 0 Å². The van der Waals surface area contributed by atoms with Crippen LogP contribution in [0, 0.1) is 0 Å². The Morgan fingerprint density at radius 1 is 0.955 bits per heavy atom. The first-order chi connectivity index (χ1) is 10.8. The summed E-state index contributed by atoms with van der Waals surface area (Å²) in [6.07, 6.45) is 1.04. The molecule has 0 atom stereocenters. The number of carbonyl (C=O) groups excluding carboxylic acids is 1. The lowest BCUT2D eigenvalue weighted by Crippen LogP contribution is -2.37. The molecule has 0 heterocycles. The smallest absolute Gasteiger partial charge is 0.234 e. The van der Waals surface area contributed by atoms with Crippen molar-refractivity contribution in [1.82, 2.24) is 10.2 Å². The Morgan fingerprint density at radius 3 is 2.14 bits per heavy atom. The molecule has 1 amide bonds. The van der Waals surface area contributed by atoms with Crippen LogP contribution in [0.25, 0.3) is 0 Å². The van der Waals surface area contributed by atoms with Crippen LogP contribution in [0.2, 0.25) is 0 Å². The molecule has 22 heavy (non-hydrogen) atoms. The molecule has 0 bridgehead atoms. The molecule has 0 spiro atoms. The molecule has 1 N–H and O–H groups in total. The number of carbonyl (C=O) groups is 1. The molecule has 0 aliphatic heterocycles. The van der Waals surface area contributed by atoms with Crippen LogP contribution in [0.3, 0.4) is 0 Å². The Bertz CT molecular complexity index is 554. The summed E-state index contributed by atoms with van der Waals surface area (Å²) < 4.78 is 0. The largest absolute Gasteiger partial charge is 0.351 e. The molecule has 0 fully saturated rings. The van der Waals surface area contributed by atoms with Gasteiger partial charge in [0.05, 0.1) is 6.54 Å². The number of benzene rings is 2. The molecule has 0 unspecified atom stereocenters. The van der Waals surface area contributed by atoms with Gasteiger partial charge in [-0.3, -0.25) is 9.69 Å². The van der Waals surface area contributed by atoms with Crippen molar-refractivity contribution < 1.29 is 4.79 Å². The Kier molecular flexibility index (Phi) is 6.65. The molecule has 0 aromatic heterocycles. The summed E-state index contributed by atoms with van der Waals surface area (Å²) in [6.45, 7) is 4.90. The molecule has 0 saturated carbocycles. The second-order valence-electron chi connectivity index (χ2n) is 5.46. The van der Waals surface area contributed by atoms with Crippen molar-refractivity contribution in [2.24, 2.45) is 0 Å². The van der Waals surface area contributed by atoms with Gasteiger partial charge in [0.1, 0.15) is 0 Å². The highest BCUT2D eigenvalue weighted by molar-refractivity contribution is 5.78. The van der Waals surface area contributed by atoms with Crippen molar-refractivity contribution in [2.45, 2.75) is 26.4 Å². The van der Waals surface area contributed by atoms with E-state index in [1.54, 1.807) is 0 Å². The molecule has 3 heteroatoms. The number of hydrogen-bond acceptors (Lipinski definition) is 2. The second kappa shape index (κ2) is 9.00. The third kappa shape index (κ3) is 5.70. The highest BCUT2D eigenvalue weighted by atomic mass is 16.2. The summed E-state index contributed by atoms with van der Waals surface area (Å²) in [5.74, 6) is 0.0771. The summed E-state index contributed by atoms with van der Waals surface area (Å²) in [7, 11) is 0. The van der Waals surface area contributed by atoms with Gasteiger partial charge in [0.25, 0.3) is 0 Å². The minimum Gasteiger partial charge on any atom is -0.351 e. The Morgan fingerprint density at radius 2 is 1.55 bits per heavy atom. The number of amides is 1. The highest BCUT2D eigenvalue weighted by Crippen LogP contribution is 2.05. The van der Waals surface area contributed by atoms with Gasteiger partial charge in [-0.1, -0.05) is 67.6 Å². The average Bonchev–Trinajstić information content (AvgIpc) is 2.55. The van der Waals surface area contributed by atoms with Crippen LogP contribution in [-0.2, 0) is 17.9 Å². The van der Waals surface area contributed by atoms with Crippen LogP contribution in [0.15, 0.2) is 60.7 Å². The van der Waals surface area contributed by atoms with Crippen molar-refractivity contribution in [3.05, 3.63) is 71.8 Å². The first-order valence-corrected chi connectivity index (χ1v) is 7.85. The fourth-order valence-corrected chi connectivity index (χ4v) is 2.43. The normalized spacial score (nSPS) is 10.6. The van der Waals surface area contributed by atoms with E-state index in [-0.39, 0.29) is 5.91 Å². The quantitative estimate of drug-likeness (QED) is 0.811. The Balaban J connectivity index is 1.83. The van der Waals surface area contributed by atoms with Crippen LogP contribution in [-0.4, -0.2) is 23.9 Å². The van der Waals surface area contributed by atoms with E-state index >= 15 is 0 Å². The minimum absolute atomic E-state index is 0.0771. The Hall–Kier alpha value is -2.13. The zero-order valence-electron chi connectivity index (χ0n) is 13.2. The van der Waals surface area contributed by atoms with Crippen LogP contribution in [0.4, 0.5) is 0 Å². The standard InChI is InChI=1S/C19H24N2O/c1-2-13-21(15-18-11-7-4-8-12-18)16-19(22)20-14-17-9-5-3-6-10-17/h3-12H,2,13-16H2,1H3,(H,20,22). The lowest BCUT2D eigenvalue weighted by Gasteiger charge is -2.21. The molecule has 2 aromatic carbocycles. The molecule has 3 nitrogen and oxygen atoms in total. The van der Waals surface area contributed by atoms with E-state index in [1.807, 2.05) is 48.5 Å². The van der Waals surface area contributed by atoms with Crippen molar-refractivity contribution in [3.8, 4) is 0 Å². The summed E-state index contributed by atoms with van der Waals surface area (Å²) in [5, 5.41) is 2.99. The van der Waals surface area contributed by atoms with E-state index < -0.39 is 0 Å². The lowest BCUT2D eigenvalue weighted by atomic mass is 10.2. The van der Waals surface area contributed by atoms with Gasteiger partial charge in [-0.2, -0.15) is 0 Å². The molecular formula is C19H24N2O. The van der Waals surface area contributed by atoms with E-state index in [0.29, 0.717) is 13.1 Å². The third-order valence-electron chi connectivity index (χ3n) is 3.49. The average molecular weight is 296 g/mol. The maximum absolute atomic E-state index is 12.1. The maximum atomic E-state index is 12.1. The van der Waals surface area contributed by atoms with Gasteiger partial charge in [-0.15, -0.1) is 0 Å². The number of hydrogen-bond donors (Lipinski definition) is 1. The minimum atomic E-state index is 0.0771. The summed E-state index contributed by atoms with van der Waals surface area (Å²) >= 11 is 0. The van der Waals surface area contributed by atoms with Gasteiger partial charge in [-0.25, -0.2) is 0 Å². The summed E-state index contributed by atoms with van der Waals surface area (Å²) in [4.78, 5) is 14.3. The van der Waals surface area contributed by atoms with Crippen LogP contribution in [0.5, 0.6) is 0 Å².